The summed E-state index contributed by atoms with van der Waals surface area (Å²) in [6.45, 7) is 1.10. The fourth-order valence-corrected chi connectivity index (χ4v) is 1.64. The number of phenolic OH excluding ortho intramolecular Hbond substituents is 3. The summed E-state index contributed by atoms with van der Waals surface area (Å²) >= 11 is 0. The number of rotatable bonds is 6. The molecule has 1 aromatic carbocycles. The van der Waals surface area contributed by atoms with Gasteiger partial charge in [-0.1, -0.05) is 0 Å². The fraction of sp³-hybridized carbons (Fsp3) is 0.385. The lowest BCUT2D eigenvalue weighted by Gasteiger charge is -2.23. The van der Waals surface area contributed by atoms with E-state index in [1.807, 2.05) is 0 Å². The lowest BCUT2D eigenvalue weighted by atomic mass is 9.96. The van der Waals surface area contributed by atoms with Gasteiger partial charge in [0.05, 0.1) is 6.10 Å². The molecule has 0 spiro atoms. The molecule has 1 rings (SSSR count). The molecule has 0 heterocycles. The molecule has 0 fully saturated rings. The van der Waals surface area contributed by atoms with Crippen molar-refractivity contribution in [3.05, 3.63) is 17.7 Å². The van der Waals surface area contributed by atoms with Crippen LogP contribution in [0.2, 0.25) is 0 Å². The third kappa shape index (κ3) is 3.52. The van der Waals surface area contributed by atoms with Gasteiger partial charge in [-0.2, -0.15) is 0 Å². The summed E-state index contributed by atoms with van der Waals surface area (Å²) in [4.78, 5) is 23.6. The van der Waals surface area contributed by atoms with E-state index in [1.165, 1.54) is 0 Å². The zero-order valence-corrected chi connectivity index (χ0v) is 11.4. The number of carbonyl (C=O) groups is 2. The van der Waals surface area contributed by atoms with Gasteiger partial charge in [0.25, 0.3) is 0 Å². The van der Waals surface area contributed by atoms with Crippen LogP contribution in [-0.2, 0) is 4.79 Å². The molecule has 0 saturated carbocycles. The van der Waals surface area contributed by atoms with Crippen LogP contribution in [0.4, 0.5) is 0 Å². The third-order valence-corrected chi connectivity index (χ3v) is 2.99. The molecule has 9 nitrogen and oxygen atoms in total. The Balaban J connectivity index is 3.00. The van der Waals surface area contributed by atoms with Gasteiger partial charge in [0.1, 0.15) is 18.3 Å². The second-order valence-electron chi connectivity index (χ2n) is 4.72. The summed E-state index contributed by atoms with van der Waals surface area (Å²) < 4.78 is 0. The number of hydrogen-bond acceptors (Lipinski definition) is 9. The Bertz CT molecular complexity index is 558. The maximum Gasteiger partial charge on any atom is 0.234 e. The first-order valence-corrected chi connectivity index (χ1v) is 6.13. The highest BCUT2D eigenvalue weighted by atomic mass is 16.4. The van der Waals surface area contributed by atoms with E-state index in [9.17, 15) is 35.1 Å². The molecule has 9 heteroatoms. The van der Waals surface area contributed by atoms with Crippen molar-refractivity contribution in [1.29, 1.82) is 0 Å². The molecule has 0 aromatic heterocycles. The molecule has 0 aliphatic heterocycles. The van der Waals surface area contributed by atoms with E-state index in [-0.39, 0.29) is 0 Å². The van der Waals surface area contributed by atoms with Crippen LogP contribution in [0.25, 0.3) is 0 Å². The highest BCUT2D eigenvalue weighted by Gasteiger charge is 2.36. The molecule has 4 atom stereocenters. The fourth-order valence-electron chi connectivity index (χ4n) is 1.64. The van der Waals surface area contributed by atoms with Crippen molar-refractivity contribution < 1.29 is 45.3 Å². The highest BCUT2D eigenvalue weighted by molar-refractivity contribution is 6.45. The highest BCUT2D eigenvalue weighted by Crippen LogP contribution is 2.35. The smallest absolute Gasteiger partial charge is 0.234 e. The van der Waals surface area contributed by atoms with E-state index < -0.39 is 58.8 Å². The van der Waals surface area contributed by atoms with E-state index in [0.717, 1.165) is 6.92 Å². The molecule has 0 bridgehead atoms. The van der Waals surface area contributed by atoms with E-state index in [1.54, 1.807) is 0 Å². The van der Waals surface area contributed by atoms with E-state index in [4.69, 9.17) is 10.2 Å². The first-order chi connectivity index (χ1) is 10.1. The minimum Gasteiger partial charge on any atom is -0.504 e. The van der Waals surface area contributed by atoms with Gasteiger partial charge in [0, 0.05) is 5.56 Å². The van der Waals surface area contributed by atoms with Crippen LogP contribution in [-0.4, -0.2) is 71.7 Å². The first kappa shape index (κ1) is 17.9. The van der Waals surface area contributed by atoms with Gasteiger partial charge in [-0.3, -0.25) is 9.59 Å². The van der Waals surface area contributed by atoms with E-state index >= 15 is 0 Å². The van der Waals surface area contributed by atoms with Crippen molar-refractivity contribution in [2.45, 2.75) is 31.3 Å². The molecule has 7 N–H and O–H groups in total. The molecule has 1 aromatic rings. The lowest BCUT2D eigenvalue weighted by molar-refractivity contribution is -0.139. The molecular formula is C13H16O9. The number of carbonyl (C=O) groups excluding carboxylic acids is 2. The quantitative estimate of drug-likeness (QED) is 0.178. The van der Waals surface area contributed by atoms with Gasteiger partial charge in [0.2, 0.25) is 11.6 Å². The Labute approximate surface area is 124 Å². The predicted octanol–water partition coefficient (Wildman–Crippen LogP) is -1.98. The number of benzene rings is 1. The van der Waals surface area contributed by atoms with Gasteiger partial charge >= 0.3 is 0 Å². The topological polar surface area (TPSA) is 176 Å². The van der Waals surface area contributed by atoms with Crippen LogP contribution in [0.15, 0.2) is 12.1 Å². The maximum atomic E-state index is 11.8. The summed E-state index contributed by atoms with van der Waals surface area (Å²) in [7, 11) is 0. The summed E-state index contributed by atoms with van der Waals surface area (Å²) in [5.41, 5.74) is -0.546. The van der Waals surface area contributed by atoms with Crippen LogP contribution in [0.3, 0.4) is 0 Å². The van der Waals surface area contributed by atoms with Gasteiger partial charge < -0.3 is 35.7 Å². The van der Waals surface area contributed by atoms with Crippen LogP contribution < -0.4 is 0 Å². The molecule has 0 aliphatic rings. The number of hydrogen-bond donors (Lipinski definition) is 7. The molecule has 0 aliphatic carbocycles. The Morgan fingerprint density at radius 2 is 1.36 bits per heavy atom. The van der Waals surface area contributed by atoms with Crippen LogP contribution in [0.5, 0.6) is 17.2 Å². The normalized spacial score (nSPS) is 16.6. The first-order valence-electron chi connectivity index (χ1n) is 6.13. The lowest BCUT2D eigenvalue weighted by Crippen LogP contribution is -2.48. The second kappa shape index (κ2) is 6.71. The Morgan fingerprint density at radius 1 is 0.909 bits per heavy atom. The molecule has 0 radical (unpaired) electrons. The number of aromatic hydroxyl groups is 3. The van der Waals surface area contributed by atoms with E-state index in [2.05, 4.69) is 0 Å². The average molecular weight is 316 g/mol. The Hall–Kier alpha value is -2.20. The molecule has 0 amide bonds. The molecule has 22 heavy (non-hydrogen) atoms. The van der Waals surface area contributed by atoms with Gasteiger partial charge in [0.15, 0.2) is 17.2 Å². The summed E-state index contributed by atoms with van der Waals surface area (Å²) in [5.74, 6) is -5.54. The number of ketones is 2. The minimum atomic E-state index is -2.32. The van der Waals surface area contributed by atoms with Crippen molar-refractivity contribution in [1.82, 2.24) is 0 Å². The number of aliphatic hydroxyl groups excluding tert-OH is 4. The Morgan fingerprint density at radius 3 is 1.77 bits per heavy atom. The zero-order chi connectivity index (χ0) is 17.2. The van der Waals surface area contributed by atoms with E-state index in [0.29, 0.717) is 12.1 Å². The SMILES string of the molecule is C[C@@H](O)[C@@H](O)[C@H](O)[C@H](O)C(=O)C(=O)c1cc(O)c(O)c(O)c1. The van der Waals surface area contributed by atoms with Crippen LogP contribution >= 0.6 is 0 Å². The maximum absolute atomic E-state index is 11.8. The van der Waals surface area contributed by atoms with Crippen molar-refractivity contribution >= 4 is 11.6 Å². The number of Topliss-reactive ketones (excluding diaryl/α,β-unsaturated/α-hetero) is 2. The van der Waals surface area contributed by atoms with Gasteiger partial charge in [-0.15, -0.1) is 0 Å². The average Bonchev–Trinajstić information content (AvgIpc) is 2.48. The molecular weight excluding hydrogens is 300 g/mol. The zero-order valence-electron chi connectivity index (χ0n) is 11.4. The van der Waals surface area contributed by atoms with Crippen LogP contribution in [0.1, 0.15) is 17.3 Å². The molecule has 122 valence electrons. The summed E-state index contributed by atoms with van der Waals surface area (Å²) in [6.07, 6.45) is -7.77. The van der Waals surface area contributed by atoms with Crippen molar-refractivity contribution in [2.24, 2.45) is 0 Å². The Kier molecular flexibility index (Phi) is 5.44. The van der Waals surface area contributed by atoms with Crippen molar-refractivity contribution in [2.75, 3.05) is 0 Å². The largest absolute Gasteiger partial charge is 0.504 e. The molecule has 0 unspecified atom stereocenters. The predicted molar refractivity (Wildman–Crippen MR) is 70.5 cm³/mol. The molecule has 0 saturated heterocycles. The van der Waals surface area contributed by atoms with Crippen molar-refractivity contribution in [3.8, 4) is 17.2 Å². The third-order valence-electron chi connectivity index (χ3n) is 2.99. The monoisotopic (exact) mass is 316 g/mol. The van der Waals surface area contributed by atoms with Crippen LogP contribution in [0, 0.1) is 0 Å². The minimum absolute atomic E-state index is 0.546. The van der Waals surface area contributed by atoms with Gasteiger partial charge in [-0.25, -0.2) is 0 Å². The number of phenols is 3. The second-order valence-corrected chi connectivity index (χ2v) is 4.72. The summed E-state index contributed by atoms with van der Waals surface area (Å²) in [6, 6.07) is 1.36. The summed E-state index contributed by atoms with van der Waals surface area (Å²) in [5, 5.41) is 65.2. The standard InChI is InChI=1S/C13H16O9/c1-4(14)8(17)11(20)13(22)12(21)9(18)5-2-6(15)10(19)7(16)3-5/h2-4,8,11,13-17,19-20,22H,1H3/t4-,8-,11+,13+/m1/s1. The van der Waals surface area contributed by atoms with Gasteiger partial charge in [-0.05, 0) is 19.1 Å². The number of aliphatic hydroxyl groups is 4. The van der Waals surface area contributed by atoms with Crippen molar-refractivity contribution in [3.63, 3.8) is 0 Å².